The molecule has 0 bridgehead atoms. The fraction of sp³-hybridized carbons (Fsp3) is 0.240. The average molecular weight is 450 g/mol. The molecule has 0 fully saturated rings. The molecule has 0 radical (unpaired) electrons. The molecule has 2 aliphatic rings. The van der Waals surface area contributed by atoms with Crippen molar-refractivity contribution in [3.8, 4) is 23.0 Å². The first-order chi connectivity index (χ1) is 15.7. The maximum atomic E-state index is 12.8. The van der Waals surface area contributed by atoms with E-state index in [4.69, 9.17) is 18.9 Å². The summed E-state index contributed by atoms with van der Waals surface area (Å²) in [5, 5.41) is 1.98. The van der Waals surface area contributed by atoms with Crippen LogP contribution < -0.4 is 18.9 Å². The number of ketones is 1. The fourth-order valence-electron chi connectivity index (χ4n) is 3.97. The maximum Gasteiger partial charge on any atom is 0.232 e. The van der Waals surface area contributed by atoms with Crippen molar-refractivity contribution in [1.82, 2.24) is 4.90 Å². The lowest BCUT2D eigenvalue weighted by atomic mass is 10.0. The summed E-state index contributed by atoms with van der Waals surface area (Å²) in [7, 11) is 3.27. The van der Waals surface area contributed by atoms with E-state index in [-0.39, 0.29) is 5.78 Å². The van der Waals surface area contributed by atoms with Gasteiger partial charge < -0.3 is 18.9 Å². The summed E-state index contributed by atoms with van der Waals surface area (Å²) in [5.41, 5.74) is 2.67. The molecule has 0 spiro atoms. The van der Waals surface area contributed by atoms with Crippen LogP contribution in [0.4, 0.5) is 0 Å². The first-order valence-electron chi connectivity index (χ1n) is 10.4. The molecule has 0 saturated carbocycles. The molecule has 0 aliphatic carbocycles. The summed E-state index contributed by atoms with van der Waals surface area (Å²) in [6, 6.07) is 13.5. The Kier molecular flexibility index (Phi) is 5.59. The van der Waals surface area contributed by atoms with Gasteiger partial charge in [-0.25, -0.2) is 0 Å². The van der Waals surface area contributed by atoms with Crippen molar-refractivity contribution in [2.45, 2.75) is 13.0 Å². The Morgan fingerprint density at radius 1 is 1.12 bits per heavy atom. The van der Waals surface area contributed by atoms with Gasteiger partial charge in [-0.05, 0) is 47.7 Å². The Balaban J connectivity index is 1.32. The third-order valence-corrected chi connectivity index (χ3v) is 6.48. The van der Waals surface area contributed by atoms with Gasteiger partial charge >= 0.3 is 0 Å². The number of hydrogen-bond donors (Lipinski definition) is 0. The number of Topliss-reactive ketones (excluding diaryl/α,β-unsaturated/α-hetero) is 1. The van der Waals surface area contributed by atoms with Crippen molar-refractivity contribution in [2.75, 3.05) is 27.5 Å². The first kappa shape index (κ1) is 20.6. The van der Waals surface area contributed by atoms with Crippen LogP contribution in [0.2, 0.25) is 0 Å². The zero-order valence-corrected chi connectivity index (χ0v) is 18.7. The number of fused-ring (bicyclic) bond motifs is 3. The molecule has 2 aliphatic heterocycles. The predicted octanol–water partition coefficient (Wildman–Crippen LogP) is 4.78. The van der Waals surface area contributed by atoms with Crippen LogP contribution in [-0.2, 0) is 13.0 Å². The van der Waals surface area contributed by atoms with Crippen LogP contribution >= 0.6 is 11.3 Å². The van der Waals surface area contributed by atoms with Gasteiger partial charge in [-0.2, -0.15) is 0 Å². The van der Waals surface area contributed by atoms with E-state index in [1.165, 1.54) is 0 Å². The number of carbonyl (C=O) groups excluding carboxylic acids is 1. The van der Waals surface area contributed by atoms with Gasteiger partial charge in [0.25, 0.3) is 0 Å². The molecule has 7 heteroatoms. The highest BCUT2D eigenvalue weighted by Gasteiger charge is 2.33. The molecule has 164 valence electrons. The van der Waals surface area contributed by atoms with Gasteiger partial charge in [0.2, 0.25) is 5.78 Å². The van der Waals surface area contributed by atoms with Gasteiger partial charge in [-0.15, -0.1) is 11.3 Å². The van der Waals surface area contributed by atoms with Gasteiger partial charge in [0.05, 0.1) is 25.3 Å². The summed E-state index contributed by atoms with van der Waals surface area (Å²) in [6.07, 6.45) is 2.63. The van der Waals surface area contributed by atoms with E-state index in [2.05, 4.69) is 4.90 Å². The van der Waals surface area contributed by atoms with Gasteiger partial charge in [0, 0.05) is 24.0 Å². The molecule has 6 nitrogen and oxygen atoms in total. The number of benzene rings is 2. The van der Waals surface area contributed by atoms with E-state index in [1.54, 1.807) is 37.7 Å². The van der Waals surface area contributed by atoms with E-state index in [1.807, 2.05) is 41.8 Å². The van der Waals surface area contributed by atoms with Gasteiger partial charge in [0.1, 0.15) is 18.2 Å². The molecule has 0 atom stereocenters. The Hall–Kier alpha value is -3.29. The maximum absolute atomic E-state index is 12.8. The van der Waals surface area contributed by atoms with Crippen molar-refractivity contribution < 1.29 is 23.7 Å². The number of methoxy groups -OCH3 is 2. The van der Waals surface area contributed by atoms with E-state index in [9.17, 15) is 4.79 Å². The molecule has 0 saturated heterocycles. The molecule has 0 N–H and O–H groups in total. The van der Waals surface area contributed by atoms with Crippen LogP contribution in [0.25, 0.3) is 6.08 Å². The van der Waals surface area contributed by atoms with E-state index in [0.717, 1.165) is 46.2 Å². The quantitative estimate of drug-likeness (QED) is 0.505. The summed E-state index contributed by atoms with van der Waals surface area (Å²) in [5.74, 6) is 3.11. The first-order valence-corrected chi connectivity index (χ1v) is 11.2. The lowest BCUT2D eigenvalue weighted by Gasteiger charge is -2.29. The van der Waals surface area contributed by atoms with E-state index < -0.39 is 0 Å². The summed E-state index contributed by atoms with van der Waals surface area (Å²) in [6.45, 7) is 1.95. The number of hydrogen-bond acceptors (Lipinski definition) is 7. The Morgan fingerprint density at radius 2 is 2.00 bits per heavy atom. The molecule has 2 aromatic carbocycles. The minimum absolute atomic E-state index is 0.0846. The van der Waals surface area contributed by atoms with Crippen molar-refractivity contribution in [3.63, 3.8) is 0 Å². The van der Waals surface area contributed by atoms with Gasteiger partial charge in [0.15, 0.2) is 17.3 Å². The molecular formula is C25H23NO5S. The highest BCUT2D eigenvalue weighted by atomic mass is 32.1. The normalized spacial score (nSPS) is 16.3. The standard InChI is InChI=1S/C25H23NO5S/c1-28-21-7-5-16(12-22(21)29-2)9-10-26-14-19-20(30-15-26)8-6-18-24(27)23(31-25(18)19)13-17-4-3-11-32-17/h3-8,11-13H,9-10,14-15H2,1-2H3/b23-13-. The third-order valence-electron chi connectivity index (χ3n) is 5.66. The second-order valence-corrected chi connectivity index (χ2v) is 8.62. The third kappa shape index (κ3) is 3.85. The minimum atomic E-state index is -0.0846. The molecule has 0 amide bonds. The molecular weight excluding hydrogens is 426 g/mol. The van der Waals surface area contributed by atoms with Crippen LogP contribution in [0.3, 0.4) is 0 Å². The predicted molar refractivity (Wildman–Crippen MR) is 123 cm³/mol. The van der Waals surface area contributed by atoms with Crippen molar-refractivity contribution in [2.24, 2.45) is 0 Å². The van der Waals surface area contributed by atoms with Crippen molar-refractivity contribution in [3.05, 3.63) is 75.2 Å². The lowest BCUT2D eigenvalue weighted by molar-refractivity contribution is 0.0949. The topological polar surface area (TPSA) is 57.2 Å². The number of allylic oxidation sites excluding steroid dienone is 1. The number of thiophene rings is 1. The number of carbonyl (C=O) groups is 1. The van der Waals surface area contributed by atoms with Crippen LogP contribution in [0.15, 0.2) is 53.6 Å². The SMILES string of the molecule is COc1ccc(CCN2COc3ccc4c(c3C2)O/C(=C\c2cccs2)C4=O)cc1OC. The van der Waals surface area contributed by atoms with Gasteiger partial charge in [-0.3, -0.25) is 9.69 Å². The molecule has 32 heavy (non-hydrogen) atoms. The Morgan fingerprint density at radius 3 is 2.78 bits per heavy atom. The fourth-order valence-corrected chi connectivity index (χ4v) is 4.62. The summed E-state index contributed by atoms with van der Waals surface area (Å²) in [4.78, 5) is 16.0. The van der Waals surface area contributed by atoms with Crippen LogP contribution in [0.1, 0.15) is 26.4 Å². The largest absolute Gasteiger partial charge is 0.493 e. The van der Waals surface area contributed by atoms with Crippen molar-refractivity contribution in [1.29, 1.82) is 0 Å². The second kappa shape index (κ2) is 8.68. The van der Waals surface area contributed by atoms with Crippen LogP contribution in [0.5, 0.6) is 23.0 Å². The number of nitrogens with zero attached hydrogens (tertiary/aromatic N) is 1. The Bertz CT molecular complexity index is 1190. The van der Waals surface area contributed by atoms with Gasteiger partial charge in [-0.1, -0.05) is 12.1 Å². The van der Waals surface area contributed by atoms with E-state index in [0.29, 0.717) is 30.3 Å². The lowest BCUT2D eigenvalue weighted by Crippen LogP contribution is -2.33. The van der Waals surface area contributed by atoms with Crippen molar-refractivity contribution >= 4 is 23.2 Å². The summed E-state index contributed by atoms with van der Waals surface area (Å²) >= 11 is 1.57. The highest BCUT2D eigenvalue weighted by molar-refractivity contribution is 7.10. The highest BCUT2D eigenvalue weighted by Crippen LogP contribution is 2.42. The Labute approximate surface area is 190 Å². The smallest absolute Gasteiger partial charge is 0.232 e. The molecule has 3 aromatic rings. The van der Waals surface area contributed by atoms with Crippen LogP contribution in [0, 0.1) is 0 Å². The monoisotopic (exact) mass is 449 g/mol. The summed E-state index contributed by atoms with van der Waals surface area (Å²) < 4.78 is 22.7. The number of rotatable bonds is 6. The number of ether oxygens (including phenoxy) is 4. The zero-order chi connectivity index (χ0) is 22.1. The second-order valence-electron chi connectivity index (χ2n) is 7.64. The molecule has 0 unspecified atom stereocenters. The molecule has 5 rings (SSSR count). The minimum Gasteiger partial charge on any atom is -0.493 e. The van der Waals surface area contributed by atoms with E-state index >= 15 is 0 Å². The van der Waals surface area contributed by atoms with Crippen LogP contribution in [-0.4, -0.2) is 38.2 Å². The zero-order valence-electron chi connectivity index (χ0n) is 17.9. The molecule has 1 aromatic heterocycles. The average Bonchev–Trinajstić information content (AvgIpc) is 3.45. The molecule has 3 heterocycles.